The molecule has 5 nitrogen and oxygen atoms in total. The molecule has 5 heteroatoms. The molecule has 0 bridgehead atoms. The van der Waals surface area contributed by atoms with Gasteiger partial charge in [0.05, 0.1) is 6.61 Å². The molecule has 0 aliphatic rings. The Kier molecular flexibility index (Phi) is 4.63. The fraction of sp³-hybridized carbons (Fsp3) is 0.417. The van der Waals surface area contributed by atoms with Crippen LogP contribution in [0.3, 0.4) is 0 Å². The molecule has 1 aromatic carbocycles. The van der Waals surface area contributed by atoms with Gasteiger partial charge in [0, 0.05) is 20.5 Å². The van der Waals surface area contributed by atoms with Crippen molar-refractivity contribution in [2.24, 2.45) is 0 Å². The molecule has 0 saturated heterocycles. The zero-order valence-electron chi connectivity index (χ0n) is 10.1. The number of ether oxygens (including phenoxy) is 1. The van der Waals surface area contributed by atoms with E-state index in [1.54, 1.807) is 31.1 Å². The number of phenolic OH excluding ortho intramolecular Hbond substituents is 1. The lowest BCUT2D eigenvalue weighted by Gasteiger charge is -2.11. The Bertz CT molecular complexity index is 391. The van der Waals surface area contributed by atoms with Crippen molar-refractivity contribution >= 4 is 11.6 Å². The predicted octanol–water partition coefficient (Wildman–Crippen LogP) is 1.22. The Labute approximate surface area is 101 Å². The number of nitrogens with zero attached hydrogens (tertiary/aromatic N) is 1. The summed E-state index contributed by atoms with van der Waals surface area (Å²) in [6.45, 7) is 0.396. The number of hydrogen-bond acceptors (Lipinski definition) is 4. The van der Waals surface area contributed by atoms with Crippen molar-refractivity contribution in [3.05, 3.63) is 18.2 Å². The van der Waals surface area contributed by atoms with Crippen molar-refractivity contribution in [1.82, 2.24) is 4.90 Å². The fourth-order valence-corrected chi connectivity index (χ4v) is 1.29. The first kappa shape index (κ1) is 13.2. The van der Waals surface area contributed by atoms with E-state index < -0.39 is 0 Å². The minimum atomic E-state index is 0.00636. The molecule has 1 amide bonds. The summed E-state index contributed by atoms with van der Waals surface area (Å²) in [4.78, 5) is 12.8. The number of nitrogens with two attached hydrogens (primary N) is 1. The van der Waals surface area contributed by atoms with Crippen LogP contribution in [0.5, 0.6) is 11.5 Å². The number of benzene rings is 1. The maximum Gasteiger partial charge on any atom is 0.222 e. The molecule has 0 aromatic heterocycles. The summed E-state index contributed by atoms with van der Waals surface area (Å²) < 4.78 is 5.39. The summed E-state index contributed by atoms with van der Waals surface area (Å²) in [6, 6.07) is 4.84. The minimum absolute atomic E-state index is 0.00636. The van der Waals surface area contributed by atoms with Crippen molar-refractivity contribution in [3.63, 3.8) is 0 Å². The minimum Gasteiger partial charge on any atom is -0.506 e. The third-order valence-corrected chi connectivity index (χ3v) is 2.33. The largest absolute Gasteiger partial charge is 0.506 e. The third-order valence-electron chi connectivity index (χ3n) is 2.33. The summed E-state index contributed by atoms with van der Waals surface area (Å²) in [5, 5.41) is 9.35. The first-order valence-corrected chi connectivity index (χ1v) is 5.42. The van der Waals surface area contributed by atoms with Crippen molar-refractivity contribution in [2.45, 2.75) is 12.8 Å². The van der Waals surface area contributed by atoms with Crippen molar-refractivity contribution in [2.75, 3.05) is 26.4 Å². The lowest BCUT2D eigenvalue weighted by Crippen LogP contribution is -2.21. The zero-order chi connectivity index (χ0) is 12.8. The van der Waals surface area contributed by atoms with Gasteiger partial charge in [-0.1, -0.05) is 6.07 Å². The van der Waals surface area contributed by atoms with E-state index in [-0.39, 0.29) is 17.3 Å². The number of carbonyl (C=O) groups is 1. The first-order valence-electron chi connectivity index (χ1n) is 5.42. The van der Waals surface area contributed by atoms with Crippen LogP contribution in [0.4, 0.5) is 5.69 Å². The molecule has 1 rings (SSSR count). The lowest BCUT2D eigenvalue weighted by atomic mass is 10.2. The van der Waals surface area contributed by atoms with Gasteiger partial charge >= 0.3 is 0 Å². The van der Waals surface area contributed by atoms with Crippen molar-refractivity contribution < 1.29 is 14.6 Å². The van der Waals surface area contributed by atoms with E-state index >= 15 is 0 Å². The van der Waals surface area contributed by atoms with Gasteiger partial charge < -0.3 is 20.5 Å². The summed E-state index contributed by atoms with van der Waals surface area (Å²) in [5.41, 5.74) is 5.85. The number of phenols is 1. The van der Waals surface area contributed by atoms with E-state index in [0.29, 0.717) is 25.2 Å². The van der Waals surface area contributed by atoms with Crippen LogP contribution in [0.1, 0.15) is 12.8 Å². The number of para-hydroxylation sites is 1. The van der Waals surface area contributed by atoms with Crippen LogP contribution < -0.4 is 10.5 Å². The Morgan fingerprint density at radius 2 is 2.18 bits per heavy atom. The van der Waals surface area contributed by atoms with Gasteiger partial charge in [0.1, 0.15) is 17.2 Å². The molecule has 3 N–H and O–H groups in total. The van der Waals surface area contributed by atoms with Crippen LogP contribution in [0.15, 0.2) is 18.2 Å². The highest BCUT2D eigenvalue weighted by Gasteiger charge is 2.06. The van der Waals surface area contributed by atoms with Crippen LogP contribution in [0.2, 0.25) is 0 Å². The molecule has 0 unspecified atom stereocenters. The maximum atomic E-state index is 11.3. The molecule has 0 spiro atoms. The maximum absolute atomic E-state index is 11.3. The van der Waals surface area contributed by atoms with Gasteiger partial charge in [-0.25, -0.2) is 0 Å². The van der Waals surface area contributed by atoms with Gasteiger partial charge in [-0.15, -0.1) is 0 Å². The number of anilines is 1. The molecule has 0 heterocycles. The molecule has 0 atom stereocenters. The van der Waals surface area contributed by atoms with Gasteiger partial charge in [0.2, 0.25) is 5.91 Å². The summed E-state index contributed by atoms with van der Waals surface area (Å²) in [5.74, 6) is 0.520. The average Bonchev–Trinajstić information content (AvgIpc) is 2.29. The van der Waals surface area contributed by atoms with Crippen molar-refractivity contribution in [1.29, 1.82) is 0 Å². The molecule has 0 radical (unpaired) electrons. The molecule has 0 aliphatic heterocycles. The second-order valence-electron chi connectivity index (χ2n) is 3.93. The number of amides is 1. The van der Waals surface area contributed by atoms with E-state index in [2.05, 4.69) is 0 Å². The molecule has 0 saturated carbocycles. The van der Waals surface area contributed by atoms with Gasteiger partial charge in [-0.2, -0.15) is 0 Å². The Morgan fingerprint density at radius 3 is 2.82 bits per heavy atom. The predicted molar refractivity (Wildman–Crippen MR) is 65.9 cm³/mol. The second kappa shape index (κ2) is 5.98. The van der Waals surface area contributed by atoms with Gasteiger partial charge in [0.15, 0.2) is 0 Å². The Balaban J connectivity index is 2.36. The number of nitrogen functional groups attached to an aromatic ring is 1. The topological polar surface area (TPSA) is 75.8 Å². The van der Waals surface area contributed by atoms with E-state index in [1.165, 1.54) is 6.07 Å². The van der Waals surface area contributed by atoms with Crippen LogP contribution in [0.25, 0.3) is 0 Å². The van der Waals surface area contributed by atoms with Gasteiger partial charge in [0.25, 0.3) is 0 Å². The smallest absolute Gasteiger partial charge is 0.222 e. The average molecular weight is 238 g/mol. The van der Waals surface area contributed by atoms with E-state index in [4.69, 9.17) is 10.5 Å². The molecule has 0 aliphatic carbocycles. The molecule has 94 valence electrons. The van der Waals surface area contributed by atoms with E-state index in [1.807, 2.05) is 0 Å². The first-order chi connectivity index (χ1) is 8.02. The van der Waals surface area contributed by atoms with Crippen LogP contribution in [-0.2, 0) is 4.79 Å². The zero-order valence-corrected chi connectivity index (χ0v) is 10.1. The molecular formula is C12H18N2O3. The van der Waals surface area contributed by atoms with Crippen molar-refractivity contribution in [3.8, 4) is 11.5 Å². The molecule has 1 aromatic rings. The summed E-state index contributed by atoms with van der Waals surface area (Å²) in [6.07, 6.45) is 1.05. The van der Waals surface area contributed by atoms with Crippen LogP contribution in [-0.4, -0.2) is 36.6 Å². The quantitative estimate of drug-likeness (QED) is 0.459. The van der Waals surface area contributed by atoms with E-state index in [0.717, 1.165) is 0 Å². The number of carbonyl (C=O) groups excluding carboxylic acids is 1. The highest BCUT2D eigenvalue weighted by atomic mass is 16.5. The Hall–Kier alpha value is -1.91. The number of hydrogen-bond donors (Lipinski definition) is 2. The molecule has 17 heavy (non-hydrogen) atoms. The van der Waals surface area contributed by atoms with Crippen LogP contribution >= 0.6 is 0 Å². The van der Waals surface area contributed by atoms with Gasteiger partial charge in [-0.3, -0.25) is 4.79 Å². The highest BCUT2D eigenvalue weighted by molar-refractivity contribution is 5.75. The molecular weight excluding hydrogens is 220 g/mol. The summed E-state index contributed by atoms with van der Waals surface area (Å²) in [7, 11) is 3.44. The number of rotatable bonds is 5. The SMILES string of the molecule is CN(C)C(=O)CCCOc1cccc(O)c1N. The summed E-state index contributed by atoms with van der Waals surface area (Å²) >= 11 is 0. The highest BCUT2D eigenvalue weighted by Crippen LogP contribution is 2.29. The standard InChI is InChI=1S/C12H18N2O3/c1-14(2)11(16)7-4-8-17-10-6-3-5-9(15)12(10)13/h3,5-6,15H,4,7-8,13H2,1-2H3. The normalized spacial score (nSPS) is 10.0. The van der Waals surface area contributed by atoms with Gasteiger partial charge in [-0.05, 0) is 18.6 Å². The fourth-order valence-electron chi connectivity index (χ4n) is 1.29. The Morgan fingerprint density at radius 1 is 1.47 bits per heavy atom. The van der Waals surface area contributed by atoms with Crippen LogP contribution in [0, 0.1) is 0 Å². The monoisotopic (exact) mass is 238 g/mol. The lowest BCUT2D eigenvalue weighted by molar-refractivity contribution is -0.128. The third kappa shape index (κ3) is 3.86. The number of aromatic hydroxyl groups is 1. The van der Waals surface area contributed by atoms with E-state index in [9.17, 15) is 9.90 Å². The molecule has 0 fully saturated rings. The second-order valence-corrected chi connectivity index (χ2v) is 3.93.